The molecule has 1 aliphatic heterocycles. The third-order valence-electron chi connectivity index (χ3n) is 4.50. The minimum absolute atomic E-state index is 0.0235. The summed E-state index contributed by atoms with van der Waals surface area (Å²) in [6.07, 6.45) is 1.68. The molecule has 148 valence electrons. The van der Waals surface area contributed by atoms with Crippen LogP contribution >= 0.6 is 0 Å². The average Bonchev–Trinajstić information content (AvgIpc) is 2.60. The van der Waals surface area contributed by atoms with E-state index in [-0.39, 0.29) is 24.5 Å². The molecule has 1 saturated heterocycles. The van der Waals surface area contributed by atoms with Crippen LogP contribution in [0, 0.1) is 0 Å². The molecule has 2 rings (SSSR count). The molecule has 0 bridgehead atoms. The van der Waals surface area contributed by atoms with E-state index in [1.54, 1.807) is 23.0 Å². The normalized spacial score (nSPS) is 17.4. The number of ether oxygens (including phenoxy) is 2. The van der Waals surface area contributed by atoms with Gasteiger partial charge in [-0.2, -0.15) is 0 Å². The Kier molecular flexibility index (Phi) is 6.52. The maximum Gasteiger partial charge on any atom is 0.410 e. The molecule has 1 fully saturated rings. The van der Waals surface area contributed by atoms with Gasteiger partial charge in [0.25, 0.3) is 0 Å². The van der Waals surface area contributed by atoms with Gasteiger partial charge in [-0.05, 0) is 39.3 Å². The second-order valence-corrected chi connectivity index (χ2v) is 7.81. The van der Waals surface area contributed by atoms with E-state index in [0.717, 1.165) is 11.1 Å². The maximum atomic E-state index is 12.8. The van der Waals surface area contributed by atoms with E-state index in [9.17, 15) is 9.59 Å². The second kappa shape index (κ2) is 8.46. The van der Waals surface area contributed by atoms with Crippen molar-refractivity contribution in [3.05, 3.63) is 35.9 Å². The molecule has 0 aromatic heterocycles. The molecule has 0 N–H and O–H groups in total. The van der Waals surface area contributed by atoms with Crippen LogP contribution in [0.3, 0.4) is 0 Å². The van der Waals surface area contributed by atoms with E-state index in [4.69, 9.17) is 9.47 Å². The number of rotatable bonds is 4. The van der Waals surface area contributed by atoms with Crippen LogP contribution < -0.4 is 4.74 Å². The summed E-state index contributed by atoms with van der Waals surface area (Å²) >= 11 is 0. The molecule has 6 nitrogen and oxygen atoms in total. The first-order valence-corrected chi connectivity index (χ1v) is 9.21. The number of carbonyl (C=O) groups is 2. The number of nitrogens with zero attached hydrogens (tertiary/aromatic N) is 2. The number of benzene rings is 1. The topological polar surface area (TPSA) is 59.1 Å². The van der Waals surface area contributed by atoms with Gasteiger partial charge in [0.1, 0.15) is 11.4 Å². The molecule has 1 unspecified atom stereocenters. The Bertz CT molecular complexity index is 709. The monoisotopic (exact) mass is 374 g/mol. The zero-order valence-corrected chi connectivity index (χ0v) is 16.9. The smallest absolute Gasteiger partial charge is 0.410 e. The van der Waals surface area contributed by atoms with Crippen molar-refractivity contribution in [1.29, 1.82) is 0 Å². The van der Waals surface area contributed by atoms with E-state index in [0.29, 0.717) is 25.4 Å². The maximum absolute atomic E-state index is 12.8. The number of hydrogen-bond acceptors (Lipinski definition) is 4. The van der Waals surface area contributed by atoms with Gasteiger partial charge in [0, 0.05) is 31.2 Å². The van der Waals surface area contributed by atoms with Crippen LogP contribution in [0.15, 0.2) is 24.8 Å². The molecule has 1 aliphatic rings. The van der Waals surface area contributed by atoms with Gasteiger partial charge in [-0.25, -0.2) is 4.79 Å². The molecule has 1 aromatic carbocycles. The third kappa shape index (κ3) is 5.49. The fourth-order valence-corrected chi connectivity index (χ4v) is 3.08. The summed E-state index contributed by atoms with van der Waals surface area (Å²) in [6.45, 7) is 12.7. The van der Waals surface area contributed by atoms with Crippen molar-refractivity contribution in [2.45, 2.75) is 45.8 Å². The van der Waals surface area contributed by atoms with Gasteiger partial charge in [0.05, 0.1) is 13.5 Å². The minimum Gasteiger partial charge on any atom is -0.496 e. The fourth-order valence-electron chi connectivity index (χ4n) is 3.08. The molecule has 1 aromatic rings. The first-order chi connectivity index (χ1) is 12.6. The third-order valence-corrected chi connectivity index (χ3v) is 4.50. The van der Waals surface area contributed by atoms with Gasteiger partial charge in [-0.15, -0.1) is 0 Å². The van der Waals surface area contributed by atoms with Crippen LogP contribution in [0.1, 0.15) is 38.8 Å². The van der Waals surface area contributed by atoms with Crippen LogP contribution in [0.25, 0.3) is 6.08 Å². The quantitative estimate of drug-likeness (QED) is 0.811. The summed E-state index contributed by atoms with van der Waals surface area (Å²) in [5, 5.41) is 0. The number of hydrogen-bond donors (Lipinski definition) is 0. The molecular weight excluding hydrogens is 344 g/mol. The summed E-state index contributed by atoms with van der Waals surface area (Å²) in [6, 6.07) is 5.59. The van der Waals surface area contributed by atoms with Crippen LogP contribution in [-0.2, 0) is 16.0 Å². The molecule has 1 atom stereocenters. The molecule has 0 spiro atoms. The van der Waals surface area contributed by atoms with Crippen LogP contribution in [-0.4, -0.2) is 60.2 Å². The molecule has 0 radical (unpaired) electrons. The van der Waals surface area contributed by atoms with E-state index >= 15 is 0 Å². The van der Waals surface area contributed by atoms with Crippen LogP contribution in [0.5, 0.6) is 5.75 Å². The Labute approximate surface area is 161 Å². The largest absolute Gasteiger partial charge is 0.496 e. The van der Waals surface area contributed by atoms with Crippen molar-refractivity contribution in [2.24, 2.45) is 0 Å². The Morgan fingerprint density at radius 2 is 2.00 bits per heavy atom. The lowest BCUT2D eigenvalue weighted by molar-refractivity contribution is -0.133. The number of piperazine rings is 1. The first-order valence-electron chi connectivity index (χ1n) is 9.21. The number of carbonyl (C=O) groups excluding carboxylic acids is 2. The van der Waals surface area contributed by atoms with Crippen molar-refractivity contribution < 1.29 is 19.1 Å². The van der Waals surface area contributed by atoms with Gasteiger partial charge in [-0.1, -0.05) is 24.8 Å². The molecule has 27 heavy (non-hydrogen) atoms. The average molecular weight is 374 g/mol. The molecule has 2 amide bonds. The summed E-state index contributed by atoms with van der Waals surface area (Å²) in [5.74, 6) is 0.705. The Balaban J connectivity index is 2.00. The summed E-state index contributed by atoms with van der Waals surface area (Å²) in [4.78, 5) is 28.6. The van der Waals surface area contributed by atoms with Gasteiger partial charge in [0.2, 0.25) is 5.91 Å². The highest BCUT2D eigenvalue weighted by Gasteiger charge is 2.32. The molecule has 1 heterocycles. The van der Waals surface area contributed by atoms with E-state index in [1.807, 2.05) is 45.9 Å². The Morgan fingerprint density at radius 1 is 1.30 bits per heavy atom. The minimum atomic E-state index is -0.530. The van der Waals surface area contributed by atoms with Crippen molar-refractivity contribution >= 4 is 18.1 Å². The Morgan fingerprint density at radius 3 is 2.56 bits per heavy atom. The second-order valence-electron chi connectivity index (χ2n) is 7.81. The van der Waals surface area contributed by atoms with Crippen molar-refractivity contribution in [1.82, 2.24) is 9.80 Å². The van der Waals surface area contributed by atoms with Crippen LogP contribution in [0.2, 0.25) is 0 Å². The molecule has 0 saturated carbocycles. The molecular formula is C21H30N2O4. The lowest BCUT2D eigenvalue weighted by Crippen LogP contribution is -2.56. The zero-order chi connectivity index (χ0) is 20.2. The lowest BCUT2D eigenvalue weighted by Gasteiger charge is -2.40. The predicted molar refractivity (Wildman–Crippen MR) is 106 cm³/mol. The summed E-state index contributed by atoms with van der Waals surface area (Å²) in [7, 11) is 1.60. The molecule has 6 heteroatoms. The lowest BCUT2D eigenvalue weighted by atomic mass is 10.1. The highest BCUT2D eigenvalue weighted by atomic mass is 16.6. The predicted octanol–water partition coefficient (Wildman–Crippen LogP) is 3.35. The molecule has 0 aliphatic carbocycles. The van der Waals surface area contributed by atoms with E-state index in [1.165, 1.54) is 0 Å². The zero-order valence-electron chi connectivity index (χ0n) is 16.9. The van der Waals surface area contributed by atoms with Crippen LogP contribution in [0.4, 0.5) is 4.79 Å². The number of amides is 2. The highest BCUT2D eigenvalue weighted by molar-refractivity contribution is 5.80. The fraction of sp³-hybridized carbons (Fsp3) is 0.524. The SMILES string of the molecule is C=Cc1ccc(CC(=O)N2CCN(C(=O)OC(C)(C)C)C(C)C2)c(OC)c1. The van der Waals surface area contributed by atoms with Crippen molar-refractivity contribution in [2.75, 3.05) is 26.7 Å². The summed E-state index contributed by atoms with van der Waals surface area (Å²) in [5.41, 5.74) is 1.26. The standard InChI is InChI=1S/C21H30N2O4/c1-7-16-8-9-17(18(12-16)26-6)13-19(24)22-10-11-23(15(2)14-22)20(25)27-21(3,4)5/h7-9,12,15H,1,10-11,13-14H2,2-6H3. The van der Waals surface area contributed by atoms with Crippen molar-refractivity contribution in [3.63, 3.8) is 0 Å². The van der Waals surface area contributed by atoms with Gasteiger partial charge in [-0.3, -0.25) is 4.79 Å². The van der Waals surface area contributed by atoms with Gasteiger partial charge < -0.3 is 19.3 Å². The first kappa shape index (κ1) is 20.8. The van der Waals surface area contributed by atoms with E-state index < -0.39 is 5.60 Å². The van der Waals surface area contributed by atoms with Gasteiger partial charge in [0.15, 0.2) is 0 Å². The van der Waals surface area contributed by atoms with Gasteiger partial charge >= 0.3 is 6.09 Å². The van der Waals surface area contributed by atoms with E-state index in [2.05, 4.69) is 6.58 Å². The Hall–Kier alpha value is -2.50. The summed E-state index contributed by atoms with van der Waals surface area (Å²) < 4.78 is 10.9. The number of methoxy groups -OCH3 is 1. The highest BCUT2D eigenvalue weighted by Crippen LogP contribution is 2.23. The van der Waals surface area contributed by atoms with Crippen molar-refractivity contribution in [3.8, 4) is 5.75 Å².